The highest BCUT2D eigenvalue weighted by Gasteiger charge is 2.38. The number of rotatable bonds is 4. The zero-order valence-corrected chi connectivity index (χ0v) is 19.0. The number of hydrogen-bond donors (Lipinski definition) is 1. The summed E-state index contributed by atoms with van der Waals surface area (Å²) in [6.45, 7) is 2.71. The summed E-state index contributed by atoms with van der Waals surface area (Å²) in [5.41, 5.74) is -2.98. The van der Waals surface area contributed by atoms with Crippen LogP contribution in [0.2, 0.25) is 0 Å². The molecular weight excluding hydrogens is 484 g/mol. The molecule has 0 saturated carbocycles. The minimum absolute atomic E-state index is 0.0878. The SMILES string of the molecule is CC1(CO)CN=c2c(=CC3CCN(Cc4ccc(C(F)(F)F)cc4C(F)(F)F)CC3)sc(=O)n21. The largest absolute Gasteiger partial charge is 0.416 e. The predicted octanol–water partition coefficient (Wildman–Crippen LogP) is 2.98. The molecule has 2 aromatic rings. The summed E-state index contributed by atoms with van der Waals surface area (Å²) in [5, 5.41) is 9.65. The fourth-order valence-electron chi connectivity index (χ4n) is 4.44. The zero-order valence-electron chi connectivity index (χ0n) is 18.2. The average molecular weight is 508 g/mol. The van der Waals surface area contributed by atoms with E-state index in [4.69, 9.17) is 0 Å². The number of alkyl halides is 6. The second kappa shape index (κ2) is 8.80. The van der Waals surface area contributed by atoms with Gasteiger partial charge < -0.3 is 5.11 Å². The smallest absolute Gasteiger partial charge is 0.394 e. The minimum atomic E-state index is -4.89. The number of fused-ring (bicyclic) bond motifs is 1. The average Bonchev–Trinajstić information content (AvgIpc) is 3.27. The van der Waals surface area contributed by atoms with Crippen LogP contribution in [0.15, 0.2) is 28.0 Å². The van der Waals surface area contributed by atoms with Crippen LogP contribution in [-0.2, 0) is 24.4 Å². The van der Waals surface area contributed by atoms with Crippen LogP contribution in [0.5, 0.6) is 0 Å². The Morgan fingerprint density at radius 3 is 2.44 bits per heavy atom. The number of aliphatic hydroxyl groups is 1. The normalized spacial score (nSPS) is 22.8. The van der Waals surface area contributed by atoms with Gasteiger partial charge >= 0.3 is 17.2 Å². The molecule has 1 N–H and O–H groups in total. The first-order valence-electron chi connectivity index (χ1n) is 10.7. The van der Waals surface area contributed by atoms with Crippen molar-refractivity contribution >= 4 is 17.4 Å². The number of aliphatic hydroxyl groups excluding tert-OH is 1. The highest BCUT2D eigenvalue weighted by atomic mass is 32.1. The summed E-state index contributed by atoms with van der Waals surface area (Å²) in [6.07, 6.45) is -6.52. The van der Waals surface area contributed by atoms with E-state index in [9.17, 15) is 36.2 Å². The van der Waals surface area contributed by atoms with Gasteiger partial charge in [0, 0.05) is 6.54 Å². The lowest BCUT2D eigenvalue weighted by atomic mass is 9.95. The highest BCUT2D eigenvalue weighted by molar-refractivity contribution is 7.07. The molecule has 34 heavy (non-hydrogen) atoms. The van der Waals surface area contributed by atoms with Crippen LogP contribution in [0.4, 0.5) is 26.3 Å². The number of piperidine rings is 1. The number of halogens is 6. The van der Waals surface area contributed by atoms with Crippen molar-refractivity contribution in [3.8, 4) is 0 Å². The third kappa shape index (κ3) is 4.80. The molecule has 1 aromatic carbocycles. The maximum atomic E-state index is 13.4. The molecule has 1 fully saturated rings. The molecule has 12 heteroatoms. The van der Waals surface area contributed by atoms with Crippen LogP contribution in [0.25, 0.3) is 6.08 Å². The number of nitrogens with zero attached hydrogens (tertiary/aromatic N) is 3. The second-order valence-corrected chi connectivity index (χ2v) is 10.0. The molecule has 5 nitrogen and oxygen atoms in total. The summed E-state index contributed by atoms with van der Waals surface area (Å²) in [5.74, 6) is 0.0878. The summed E-state index contributed by atoms with van der Waals surface area (Å²) >= 11 is 1.06. The van der Waals surface area contributed by atoms with E-state index in [0.717, 1.165) is 21.9 Å². The molecule has 186 valence electrons. The van der Waals surface area contributed by atoms with Crippen LogP contribution in [0.3, 0.4) is 0 Å². The van der Waals surface area contributed by atoms with Crippen molar-refractivity contribution in [2.24, 2.45) is 10.9 Å². The summed E-state index contributed by atoms with van der Waals surface area (Å²) in [6, 6.07) is 1.77. The van der Waals surface area contributed by atoms with Gasteiger partial charge in [-0.15, -0.1) is 0 Å². The maximum absolute atomic E-state index is 13.4. The van der Waals surface area contributed by atoms with E-state index in [2.05, 4.69) is 4.99 Å². The first kappa shape index (κ1) is 24.9. The Hall–Kier alpha value is -2.18. The van der Waals surface area contributed by atoms with Crippen molar-refractivity contribution in [2.75, 3.05) is 26.2 Å². The number of hydrogen-bond acceptors (Lipinski definition) is 5. The van der Waals surface area contributed by atoms with Gasteiger partial charge in [0.05, 0.1) is 34.3 Å². The van der Waals surface area contributed by atoms with E-state index in [1.54, 1.807) is 11.8 Å². The fourth-order valence-corrected chi connectivity index (χ4v) is 5.53. The van der Waals surface area contributed by atoms with E-state index >= 15 is 0 Å². The van der Waals surface area contributed by atoms with Gasteiger partial charge in [0.1, 0.15) is 5.49 Å². The third-order valence-corrected chi connectivity index (χ3v) is 7.31. The van der Waals surface area contributed by atoms with E-state index in [-0.39, 0.29) is 35.6 Å². The quantitative estimate of drug-likeness (QED) is 0.648. The van der Waals surface area contributed by atoms with Gasteiger partial charge in [0.2, 0.25) is 0 Å². The lowest BCUT2D eigenvalue weighted by molar-refractivity contribution is -0.143. The number of likely N-dealkylation sites (tertiary alicyclic amines) is 1. The van der Waals surface area contributed by atoms with Gasteiger partial charge in [-0.1, -0.05) is 23.5 Å². The minimum Gasteiger partial charge on any atom is -0.394 e. The molecule has 0 bridgehead atoms. The molecule has 3 heterocycles. The van der Waals surface area contributed by atoms with Crippen molar-refractivity contribution in [1.82, 2.24) is 9.47 Å². The molecule has 1 aromatic heterocycles. The number of thiazole rings is 1. The van der Waals surface area contributed by atoms with E-state index in [1.165, 1.54) is 4.57 Å². The predicted molar refractivity (Wildman–Crippen MR) is 114 cm³/mol. The molecule has 0 radical (unpaired) electrons. The standard InChI is InChI=1S/C22H23F6N3O2S/c1-20(12-32)11-29-18-17(34-19(33)31(18)20)8-13-4-6-30(7-5-13)10-14-2-3-15(21(23,24)25)9-16(14)22(26,27)28/h2-3,8-9,13,32H,4-7,10-12H2,1H3. The van der Waals surface area contributed by atoms with Crippen LogP contribution in [0, 0.1) is 5.92 Å². The van der Waals surface area contributed by atoms with Crippen molar-refractivity contribution in [2.45, 2.75) is 44.2 Å². The Bertz CT molecular complexity index is 1240. The van der Waals surface area contributed by atoms with Crippen LogP contribution in [-0.4, -0.2) is 40.8 Å². The number of benzene rings is 1. The molecule has 2 aliphatic rings. The fraction of sp³-hybridized carbons (Fsp3) is 0.545. The maximum Gasteiger partial charge on any atom is 0.416 e. The van der Waals surface area contributed by atoms with Gasteiger partial charge in [0.15, 0.2) is 0 Å². The monoisotopic (exact) mass is 507 g/mol. The molecule has 0 aliphatic carbocycles. The van der Waals surface area contributed by atoms with Crippen LogP contribution in [0.1, 0.15) is 36.5 Å². The van der Waals surface area contributed by atoms with Crippen molar-refractivity contribution < 1.29 is 31.4 Å². The topological polar surface area (TPSA) is 57.8 Å². The lowest BCUT2D eigenvalue weighted by Crippen LogP contribution is -2.44. The van der Waals surface area contributed by atoms with Crippen LogP contribution < -0.4 is 14.9 Å². The Morgan fingerprint density at radius 1 is 1.18 bits per heavy atom. The molecular formula is C22H23F6N3O2S. The van der Waals surface area contributed by atoms with Crippen molar-refractivity contribution in [3.63, 3.8) is 0 Å². The van der Waals surface area contributed by atoms with E-state index < -0.39 is 29.0 Å². The van der Waals surface area contributed by atoms with Gasteiger partial charge in [-0.2, -0.15) is 26.3 Å². The molecule has 1 atom stereocenters. The molecule has 1 saturated heterocycles. The van der Waals surface area contributed by atoms with Gasteiger partial charge in [-0.3, -0.25) is 19.3 Å². The number of aromatic nitrogens is 1. The zero-order chi connectivity index (χ0) is 24.9. The molecule has 0 spiro atoms. The van der Waals surface area contributed by atoms with Gasteiger partial charge in [-0.05, 0) is 56.5 Å². The van der Waals surface area contributed by atoms with Gasteiger partial charge in [-0.25, -0.2) is 0 Å². The van der Waals surface area contributed by atoms with Crippen molar-refractivity contribution in [3.05, 3.63) is 54.6 Å². The first-order chi connectivity index (χ1) is 15.8. The molecule has 4 rings (SSSR count). The Morgan fingerprint density at radius 2 is 1.85 bits per heavy atom. The van der Waals surface area contributed by atoms with Crippen LogP contribution >= 0.6 is 11.3 Å². The summed E-state index contributed by atoms with van der Waals surface area (Å²) in [7, 11) is 0. The van der Waals surface area contributed by atoms with Crippen molar-refractivity contribution in [1.29, 1.82) is 0 Å². The van der Waals surface area contributed by atoms with Gasteiger partial charge in [0.25, 0.3) is 0 Å². The second-order valence-electron chi connectivity index (χ2n) is 9.01. The Balaban J connectivity index is 1.49. The first-order valence-corrected chi connectivity index (χ1v) is 11.5. The summed E-state index contributed by atoms with van der Waals surface area (Å²) in [4.78, 5) is 18.4. The van der Waals surface area contributed by atoms with E-state index in [1.807, 2.05) is 6.08 Å². The van der Waals surface area contributed by atoms with E-state index in [0.29, 0.717) is 44.0 Å². The summed E-state index contributed by atoms with van der Waals surface area (Å²) < 4.78 is 81.2. The molecule has 0 amide bonds. The molecule has 2 aliphatic heterocycles. The third-order valence-electron chi connectivity index (χ3n) is 6.42. The Labute approximate surface area is 194 Å². The Kier molecular flexibility index (Phi) is 6.45. The highest BCUT2D eigenvalue weighted by Crippen LogP contribution is 2.38. The lowest BCUT2D eigenvalue weighted by Gasteiger charge is -2.31. The molecule has 1 unspecified atom stereocenters.